The molecule has 1 saturated carbocycles. The van der Waals surface area contributed by atoms with E-state index in [0.717, 1.165) is 12.6 Å². The van der Waals surface area contributed by atoms with E-state index in [9.17, 15) is 0 Å². The van der Waals surface area contributed by atoms with Gasteiger partial charge in [-0.2, -0.15) is 0 Å². The second kappa shape index (κ2) is 5.08. The number of hydrogen-bond donors (Lipinski definition) is 2. The van der Waals surface area contributed by atoms with Crippen LogP contribution in [0.3, 0.4) is 0 Å². The van der Waals surface area contributed by atoms with Crippen molar-refractivity contribution in [1.82, 2.24) is 10.2 Å². The Kier molecular flexibility index (Phi) is 3.46. The van der Waals surface area contributed by atoms with E-state index in [4.69, 9.17) is 17.3 Å². The minimum Gasteiger partial charge on any atom is -0.398 e. The van der Waals surface area contributed by atoms with Gasteiger partial charge in [-0.15, -0.1) is 0 Å². The lowest BCUT2D eigenvalue weighted by molar-refractivity contribution is 0.317. The van der Waals surface area contributed by atoms with Crippen molar-refractivity contribution in [3.8, 4) is 0 Å². The topological polar surface area (TPSA) is 41.3 Å². The molecule has 2 fully saturated rings. The van der Waals surface area contributed by atoms with Crippen molar-refractivity contribution in [1.29, 1.82) is 0 Å². The van der Waals surface area contributed by atoms with Gasteiger partial charge in [-0.05, 0) is 37.0 Å². The summed E-state index contributed by atoms with van der Waals surface area (Å²) in [6.45, 7) is 3.33. The highest BCUT2D eigenvalue weighted by molar-refractivity contribution is 6.33. The normalized spacial score (nSPS) is 24.6. The van der Waals surface area contributed by atoms with Crippen LogP contribution in [0.15, 0.2) is 18.2 Å². The van der Waals surface area contributed by atoms with E-state index in [1.165, 1.54) is 37.9 Å². The molecule has 1 atom stereocenters. The zero-order valence-electron chi connectivity index (χ0n) is 10.5. The molecule has 1 aromatic carbocycles. The molecule has 4 heteroatoms. The highest BCUT2D eigenvalue weighted by Crippen LogP contribution is 2.29. The van der Waals surface area contributed by atoms with Crippen molar-refractivity contribution < 1.29 is 0 Å². The highest BCUT2D eigenvalue weighted by Gasteiger charge is 2.33. The molecule has 0 amide bonds. The molecule has 1 aromatic rings. The summed E-state index contributed by atoms with van der Waals surface area (Å²) in [7, 11) is 0. The van der Waals surface area contributed by atoms with Gasteiger partial charge in [-0.25, -0.2) is 0 Å². The minimum atomic E-state index is 0.627. The van der Waals surface area contributed by atoms with E-state index in [0.29, 0.717) is 16.8 Å². The summed E-state index contributed by atoms with van der Waals surface area (Å²) in [4.78, 5) is 2.62. The van der Waals surface area contributed by atoms with Crippen molar-refractivity contribution in [2.24, 2.45) is 0 Å². The van der Waals surface area contributed by atoms with Crippen molar-refractivity contribution in [3.05, 3.63) is 28.8 Å². The van der Waals surface area contributed by atoms with Gasteiger partial charge in [0.05, 0.1) is 10.7 Å². The van der Waals surface area contributed by atoms with Crippen LogP contribution >= 0.6 is 11.6 Å². The molecule has 1 unspecified atom stereocenters. The molecule has 3 rings (SSSR count). The average Bonchev–Trinajstić information content (AvgIpc) is 3.11. The zero-order chi connectivity index (χ0) is 12.5. The Morgan fingerprint density at radius 3 is 2.89 bits per heavy atom. The number of rotatable bonds is 4. The summed E-state index contributed by atoms with van der Waals surface area (Å²) in [6.07, 6.45) is 4.07. The van der Waals surface area contributed by atoms with Crippen LogP contribution in [0.2, 0.25) is 5.02 Å². The van der Waals surface area contributed by atoms with Crippen LogP contribution in [-0.4, -0.2) is 30.1 Å². The lowest BCUT2D eigenvalue weighted by Crippen LogP contribution is -2.32. The monoisotopic (exact) mass is 265 g/mol. The van der Waals surface area contributed by atoms with Crippen molar-refractivity contribution in [2.45, 2.75) is 37.9 Å². The largest absolute Gasteiger partial charge is 0.398 e. The number of benzene rings is 1. The number of likely N-dealkylation sites (tertiary alicyclic amines) is 1. The molecule has 1 aliphatic heterocycles. The predicted octanol–water partition coefficient (Wildman–Crippen LogP) is 2.25. The molecule has 0 aromatic heterocycles. The maximum Gasteiger partial charge on any atom is 0.0638 e. The molecule has 0 spiro atoms. The lowest BCUT2D eigenvalue weighted by atomic mass is 10.2. The Bertz CT molecular complexity index is 431. The molecule has 2 aliphatic rings. The van der Waals surface area contributed by atoms with Crippen LogP contribution in [0.5, 0.6) is 0 Å². The molecule has 0 radical (unpaired) electrons. The fraction of sp³-hybridized carbons (Fsp3) is 0.571. The van der Waals surface area contributed by atoms with Crippen LogP contribution in [0, 0.1) is 0 Å². The summed E-state index contributed by atoms with van der Waals surface area (Å²) < 4.78 is 0. The third-order valence-corrected chi connectivity index (χ3v) is 4.27. The molecule has 3 N–H and O–H groups in total. The van der Waals surface area contributed by atoms with Crippen LogP contribution in [0.1, 0.15) is 24.8 Å². The number of hydrogen-bond acceptors (Lipinski definition) is 3. The molecular weight excluding hydrogens is 246 g/mol. The molecule has 0 bridgehead atoms. The second-order valence-corrected chi connectivity index (χ2v) is 5.86. The van der Waals surface area contributed by atoms with Crippen LogP contribution in [0.4, 0.5) is 5.69 Å². The number of anilines is 1. The first-order valence-electron chi connectivity index (χ1n) is 6.74. The van der Waals surface area contributed by atoms with E-state index in [1.807, 2.05) is 18.2 Å². The van der Waals surface area contributed by atoms with Gasteiger partial charge in [0.15, 0.2) is 0 Å². The average molecular weight is 266 g/mol. The highest BCUT2D eigenvalue weighted by atomic mass is 35.5. The van der Waals surface area contributed by atoms with Gasteiger partial charge >= 0.3 is 0 Å². The molecule has 1 aliphatic carbocycles. The van der Waals surface area contributed by atoms with Crippen molar-refractivity contribution >= 4 is 17.3 Å². The number of nitrogens with two attached hydrogens (primary N) is 1. The smallest absolute Gasteiger partial charge is 0.0638 e. The third-order valence-electron chi connectivity index (χ3n) is 3.94. The van der Waals surface area contributed by atoms with Gasteiger partial charge in [0.25, 0.3) is 0 Å². The van der Waals surface area contributed by atoms with Gasteiger partial charge in [0.1, 0.15) is 0 Å². The van der Waals surface area contributed by atoms with Gasteiger partial charge in [-0.3, -0.25) is 4.90 Å². The first kappa shape index (κ1) is 12.3. The SMILES string of the molecule is Nc1ccc(CNC2CCN(C3CC3)C2)cc1Cl. The molecule has 1 saturated heterocycles. The van der Waals surface area contributed by atoms with Crippen LogP contribution in [-0.2, 0) is 6.54 Å². The molecule has 3 nitrogen and oxygen atoms in total. The maximum absolute atomic E-state index is 6.02. The quantitative estimate of drug-likeness (QED) is 0.821. The van der Waals surface area contributed by atoms with Crippen molar-refractivity contribution in [2.75, 3.05) is 18.8 Å². The molecule has 98 valence electrons. The Hall–Kier alpha value is -0.770. The first-order chi connectivity index (χ1) is 8.72. The Morgan fingerprint density at radius 1 is 1.33 bits per heavy atom. The summed E-state index contributed by atoms with van der Waals surface area (Å²) in [5.74, 6) is 0. The van der Waals surface area contributed by atoms with E-state index in [2.05, 4.69) is 10.2 Å². The predicted molar refractivity (Wildman–Crippen MR) is 75.7 cm³/mol. The Labute approximate surface area is 113 Å². The number of halogens is 1. The molecule has 1 heterocycles. The van der Waals surface area contributed by atoms with Crippen LogP contribution < -0.4 is 11.1 Å². The summed E-state index contributed by atoms with van der Waals surface area (Å²) in [5.41, 5.74) is 7.57. The molecular formula is C14H20ClN3. The summed E-state index contributed by atoms with van der Waals surface area (Å²) in [6, 6.07) is 7.40. The minimum absolute atomic E-state index is 0.627. The van der Waals surface area contributed by atoms with E-state index < -0.39 is 0 Å². The van der Waals surface area contributed by atoms with Gasteiger partial charge < -0.3 is 11.1 Å². The van der Waals surface area contributed by atoms with Gasteiger partial charge in [0, 0.05) is 31.7 Å². The van der Waals surface area contributed by atoms with Crippen molar-refractivity contribution in [3.63, 3.8) is 0 Å². The maximum atomic E-state index is 6.02. The summed E-state index contributed by atoms with van der Waals surface area (Å²) in [5, 5.41) is 4.27. The number of nitrogens with one attached hydrogen (secondary N) is 1. The third kappa shape index (κ3) is 2.79. The first-order valence-corrected chi connectivity index (χ1v) is 7.11. The fourth-order valence-electron chi connectivity index (χ4n) is 2.67. The number of nitrogen functional groups attached to an aromatic ring is 1. The van der Waals surface area contributed by atoms with Gasteiger partial charge in [-0.1, -0.05) is 17.7 Å². The van der Waals surface area contributed by atoms with Gasteiger partial charge in [0.2, 0.25) is 0 Å². The van der Waals surface area contributed by atoms with Crippen LogP contribution in [0.25, 0.3) is 0 Å². The number of nitrogens with zero attached hydrogens (tertiary/aromatic N) is 1. The Balaban J connectivity index is 1.50. The van der Waals surface area contributed by atoms with E-state index in [-0.39, 0.29) is 0 Å². The molecule has 18 heavy (non-hydrogen) atoms. The fourth-order valence-corrected chi connectivity index (χ4v) is 2.87. The lowest BCUT2D eigenvalue weighted by Gasteiger charge is -2.16. The van der Waals surface area contributed by atoms with E-state index in [1.54, 1.807) is 0 Å². The summed E-state index contributed by atoms with van der Waals surface area (Å²) >= 11 is 6.02. The second-order valence-electron chi connectivity index (χ2n) is 5.45. The van der Waals surface area contributed by atoms with E-state index >= 15 is 0 Å². The standard InChI is InChI=1S/C14H20ClN3/c15-13-7-10(1-4-14(13)16)8-17-11-5-6-18(9-11)12-2-3-12/h1,4,7,11-12,17H,2-3,5-6,8-9,16H2. The zero-order valence-corrected chi connectivity index (χ0v) is 11.3. The Morgan fingerprint density at radius 2 is 2.17 bits per heavy atom.